The van der Waals surface area contributed by atoms with Gasteiger partial charge in [0.1, 0.15) is 29.1 Å². The van der Waals surface area contributed by atoms with Gasteiger partial charge in [-0.2, -0.15) is 0 Å². The molecule has 1 atom stereocenters. The number of rotatable bonds is 5. The monoisotopic (exact) mass is 407 g/mol. The van der Waals surface area contributed by atoms with Gasteiger partial charge in [0, 0.05) is 12.1 Å². The van der Waals surface area contributed by atoms with Crippen LogP contribution in [0, 0.1) is 5.82 Å². The number of benzene rings is 2. The second-order valence-electron chi connectivity index (χ2n) is 6.80. The predicted octanol–water partition coefficient (Wildman–Crippen LogP) is 4.05. The molecule has 1 aromatic heterocycles. The number of ketones is 1. The van der Waals surface area contributed by atoms with Crippen LogP contribution in [0.4, 0.5) is 4.39 Å². The molecule has 1 unspecified atom stereocenters. The van der Waals surface area contributed by atoms with E-state index < -0.39 is 23.5 Å². The lowest BCUT2D eigenvalue weighted by Crippen LogP contribution is -2.29. The number of ether oxygens (including phenoxy) is 1. The maximum Gasteiger partial charge on any atom is 0.296 e. The molecule has 0 radical (unpaired) electrons. The van der Waals surface area contributed by atoms with E-state index in [1.807, 2.05) is 0 Å². The number of halogens is 1. The van der Waals surface area contributed by atoms with Crippen molar-refractivity contribution in [2.75, 3.05) is 7.11 Å². The number of methoxy groups -OCH3 is 1. The Hall–Kier alpha value is -3.87. The van der Waals surface area contributed by atoms with Crippen molar-refractivity contribution in [3.8, 4) is 5.75 Å². The minimum absolute atomic E-state index is 0.102. The summed E-state index contributed by atoms with van der Waals surface area (Å²) in [5, 5.41) is 10.8. The second kappa shape index (κ2) is 7.87. The summed E-state index contributed by atoms with van der Waals surface area (Å²) in [5.74, 6) is -1.44. The maximum absolute atomic E-state index is 13.3. The van der Waals surface area contributed by atoms with E-state index in [1.54, 1.807) is 43.5 Å². The van der Waals surface area contributed by atoms with Crippen molar-refractivity contribution < 1.29 is 28.2 Å². The highest BCUT2D eigenvalue weighted by Gasteiger charge is 2.47. The lowest BCUT2D eigenvalue weighted by Gasteiger charge is -2.23. The molecule has 30 heavy (non-hydrogen) atoms. The van der Waals surface area contributed by atoms with Crippen LogP contribution in [0.25, 0.3) is 5.76 Å². The molecular weight excluding hydrogens is 389 g/mol. The van der Waals surface area contributed by atoms with E-state index in [-0.39, 0.29) is 23.4 Å². The lowest BCUT2D eigenvalue weighted by molar-refractivity contribution is -0.140. The summed E-state index contributed by atoms with van der Waals surface area (Å²) >= 11 is 0. The number of furan rings is 1. The Balaban J connectivity index is 1.78. The fraction of sp³-hybridized carbons (Fsp3) is 0.130. The Morgan fingerprint density at radius 1 is 1.10 bits per heavy atom. The van der Waals surface area contributed by atoms with Crippen LogP contribution in [0.15, 0.2) is 76.9 Å². The van der Waals surface area contributed by atoms with Crippen LogP contribution in [0.3, 0.4) is 0 Å². The summed E-state index contributed by atoms with van der Waals surface area (Å²) in [6, 6.07) is 14.5. The standard InChI is InChI=1S/C23H18FNO5/c1-29-17-10-4-14(5-11-17)13-25-20(18-3-2-12-30-18)19(22(27)23(25)28)21(26)15-6-8-16(24)9-7-15/h2-12,20,26H,13H2,1H3/b21-19-. The first-order chi connectivity index (χ1) is 14.5. The summed E-state index contributed by atoms with van der Waals surface area (Å²) in [4.78, 5) is 27.0. The lowest BCUT2D eigenvalue weighted by atomic mass is 9.99. The number of amides is 1. The molecule has 1 aliphatic heterocycles. The van der Waals surface area contributed by atoms with Crippen molar-refractivity contribution in [3.63, 3.8) is 0 Å². The minimum atomic E-state index is -0.910. The van der Waals surface area contributed by atoms with Gasteiger partial charge in [0.05, 0.1) is 18.9 Å². The summed E-state index contributed by atoms with van der Waals surface area (Å²) in [6.45, 7) is 0.125. The van der Waals surface area contributed by atoms with Crippen LogP contribution < -0.4 is 4.74 Å². The quantitative estimate of drug-likeness (QED) is 0.392. The van der Waals surface area contributed by atoms with Crippen molar-refractivity contribution in [2.24, 2.45) is 0 Å². The van der Waals surface area contributed by atoms with E-state index in [0.29, 0.717) is 11.5 Å². The van der Waals surface area contributed by atoms with Crippen molar-refractivity contribution in [1.29, 1.82) is 0 Å². The molecule has 1 aliphatic rings. The predicted molar refractivity (Wildman–Crippen MR) is 106 cm³/mol. The van der Waals surface area contributed by atoms with Crippen molar-refractivity contribution >= 4 is 17.4 Å². The Bertz CT molecular complexity index is 1100. The third kappa shape index (κ3) is 3.45. The number of Topliss-reactive ketones (excluding diaryl/α,β-unsaturated/α-hetero) is 1. The number of aliphatic hydroxyl groups is 1. The second-order valence-corrected chi connectivity index (χ2v) is 6.80. The van der Waals surface area contributed by atoms with E-state index in [4.69, 9.17) is 9.15 Å². The van der Waals surface area contributed by atoms with Gasteiger partial charge >= 0.3 is 0 Å². The molecule has 1 fully saturated rings. The average Bonchev–Trinajstić information content (AvgIpc) is 3.37. The van der Waals surface area contributed by atoms with E-state index in [0.717, 1.165) is 5.56 Å². The molecule has 2 aromatic carbocycles. The summed E-state index contributed by atoms with van der Waals surface area (Å²) < 4.78 is 23.9. The number of nitrogens with zero attached hydrogens (tertiary/aromatic N) is 1. The number of carbonyl (C=O) groups is 2. The van der Waals surface area contributed by atoms with Gasteiger partial charge in [0.2, 0.25) is 0 Å². The van der Waals surface area contributed by atoms with E-state index >= 15 is 0 Å². The van der Waals surface area contributed by atoms with Crippen LogP contribution in [-0.2, 0) is 16.1 Å². The van der Waals surface area contributed by atoms with Crippen LogP contribution in [-0.4, -0.2) is 28.8 Å². The number of aliphatic hydroxyl groups excluding tert-OH is 1. The summed E-state index contributed by atoms with van der Waals surface area (Å²) in [5.41, 5.74) is 0.904. The highest BCUT2D eigenvalue weighted by molar-refractivity contribution is 6.46. The van der Waals surface area contributed by atoms with Crippen molar-refractivity contribution in [1.82, 2.24) is 4.90 Å². The molecule has 0 bridgehead atoms. The molecule has 0 spiro atoms. The third-order valence-electron chi connectivity index (χ3n) is 4.98. The van der Waals surface area contributed by atoms with Gasteiger partial charge in [0.15, 0.2) is 0 Å². The minimum Gasteiger partial charge on any atom is -0.507 e. The Kier molecular flexibility index (Phi) is 5.10. The number of likely N-dealkylation sites (tertiary alicyclic amines) is 1. The molecule has 0 aliphatic carbocycles. The molecule has 1 N–H and O–H groups in total. The third-order valence-corrected chi connectivity index (χ3v) is 4.98. The molecule has 7 heteroatoms. The van der Waals surface area contributed by atoms with E-state index in [2.05, 4.69) is 0 Å². The number of carbonyl (C=O) groups excluding carboxylic acids is 2. The zero-order chi connectivity index (χ0) is 21.3. The molecule has 4 rings (SSSR count). The largest absolute Gasteiger partial charge is 0.507 e. The van der Waals surface area contributed by atoms with Gasteiger partial charge in [-0.3, -0.25) is 9.59 Å². The summed E-state index contributed by atoms with van der Waals surface area (Å²) in [6.07, 6.45) is 1.43. The zero-order valence-corrected chi connectivity index (χ0v) is 16.0. The molecule has 2 heterocycles. The van der Waals surface area contributed by atoms with E-state index in [1.165, 1.54) is 35.4 Å². The fourth-order valence-electron chi connectivity index (χ4n) is 3.48. The SMILES string of the molecule is COc1ccc(CN2C(=O)C(=O)/C(=C(\O)c3ccc(F)cc3)C2c2ccco2)cc1. The average molecular weight is 407 g/mol. The normalized spacial score (nSPS) is 18.1. The number of hydrogen-bond donors (Lipinski definition) is 1. The fourth-order valence-corrected chi connectivity index (χ4v) is 3.48. The zero-order valence-electron chi connectivity index (χ0n) is 16.0. The molecular formula is C23H18FNO5. The van der Waals surface area contributed by atoms with Gasteiger partial charge in [0.25, 0.3) is 11.7 Å². The maximum atomic E-state index is 13.3. The first-order valence-corrected chi connectivity index (χ1v) is 9.20. The molecule has 3 aromatic rings. The van der Waals surface area contributed by atoms with Gasteiger partial charge in [-0.25, -0.2) is 4.39 Å². The van der Waals surface area contributed by atoms with Crippen LogP contribution in [0.2, 0.25) is 0 Å². The molecule has 1 amide bonds. The topological polar surface area (TPSA) is 80.0 Å². The molecule has 152 valence electrons. The molecule has 1 saturated heterocycles. The van der Waals surface area contributed by atoms with Crippen molar-refractivity contribution in [3.05, 3.63) is 95.2 Å². The van der Waals surface area contributed by atoms with Crippen LogP contribution >= 0.6 is 0 Å². The molecule has 6 nitrogen and oxygen atoms in total. The van der Waals surface area contributed by atoms with Gasteiger partial charge in [-0.15, -0.1) is 0 Å². The Morgan fingerprint density at radius 2 is 1.80 bits per heavy atom. The number of hydrogen-bond acceptors (Lipinski definition) is 5. The first kappa shape index (κ1) is 19.4. The first-order valence-electron chi connectivity index (χ1n) is 9.20. The smallest absolute Gasteiger partial charge is 0.296 e. The van der Waals surface area contributed by atoms with Crippen LogP contribution in [0.5, 0.6) is 5.75 Å². The van der Waals surface area contributed by atoms with Gasteiger partial charge in [-0.1, -0.05) is 12.1 Å². The van der Waals surface area contributed by atoms with E-state index in [9.17, 15) is 19.1 Å². The van der Waals surface area contributed by atoms with Gasteiger partial charge < -0.3 is 19.2 Å². The van der Waals surface area contributed by atoms with Gasteiger partial charge in [-0.05, 0) is 54.1 Å². The molecule has 0 saturated carbocycles. The highest BCUT2D eigenvalue weighted by atomic mass is 19.1. The Labute approximate surface area is 171 Å². The summed E-state index contributed by atoms with van der Waals surface area (Å²) in [7, 11) is 1.56. The van der Waals surface area contributed by atoms with Crippen molar-refractivity contribution in [2.45, 2.75) is 12.6 Å². The van der Waals surface area contributed by atoms with Crippen LogP contribution in [0.1, 0.15) is 22.9 Å². The Morgan fingerprint density at radius 3 is 2.40 bits per heavy atom. The highest BCUT2D eigenvalue weighted by Crippen LogP contribution is 2.40.